The van der Waals surface area contributed by atoms with Crippen molar-refractivity contribution in [1.82, 2.24) is 10.3 Å². The second-order valence-corrected chi connectivity index (χ2v) is 8.09. The van der Waals surface area contributed by atoms with E-state index in [2.05, 4.69) is 38.4 Å². The quantitative estimate of drug-likeness (QED) is 0.862. The van der Waals surface area contributed by atoms with E-state index in [1.54, 1.807) is 0 Å². The zero-order valence-corrected chi connectivity index (χ0v) is 14.4. The van der Waals surface area contributed by atoms with Crippen molar-refractivity contribution in [3.05, 3.63) is 16.1 Å². The first-order valence-corrected chi connectivity index (χ1v) is 9.07. The van der Waals surface area contributed by atoms with Gasteiger partial charge in [-0.1, -0.05) is 47.0 Å². The highest BCUT2D eigenvalue weighted by atomic mass is 32.1. The molecule has 0 radical (unpaired) electrons. The molecular formula is C17H30N2S. The normalized spacial score (nSPS) is 19.2. The molecule has 114 valence electrons. The van der Waals surface area contributed by atoms with Crippen LogP contribution < -0.4 is 5.32 Å². The number of thiazole rings is 1. The van der Waals surface area contributed by atoms with Crippen molar-refractivity contribution >= 4 is 11.3 Å². The van der Waals surface area contributed by atoms with E-state index in [0.29, 0.717) is 6.04 Å². The van der Waals surface area contributed by atoms with Crippen molar-refractivity contribution in [2.24, 2.45) is 5.92 Å². The smallest absolute Gasteiger partial charge is 0.0944 e. The predicted molar refractivity (Wildman–Crippen MR) is 88.6 cm³/mol. The summed E-state index contributed by atoms with van der Waals surface area (Å²) >= 11 is 1.84. The standard InChI is InChI=1S/C17H30N2S/c1-5-18-14(13-9-7-6-8-10-13)11-16-19-15(12-20-16)17(2,3)4/h12-14,18H,5-11H2,1-4H3. The highest BCUT2D eigenvalue weighted by molar-refractivity contribution is 7.09. The lowest BCUT2D eigenvalue weighted by Gasteiger charge is -2.30. The van der Waals surface area contributed by atoms with E-state index in [-0.39, 0.29) is 5.41 Å². The van der Waals surface area contributed by atoms with E-state index >= 15 is 0 Å². The molecule has 0 amide bonds. The Labute approximate surface area is 128 Å². The van der Waals surface area contributed by atoms with Crippen LogP contribution in [0, 0.1) is 5.92 Å². The molecule has 0 aliphatic heterocycles. The highest BCUT2D eigenvalue weighted by Gasteiger charge is 2.25. The van der Waals surface area contributed by atoms with Gasteiger partial charge >= 0.3 is 0 Å². The molecule has 1 heterocycles. The van der Waals surface area contributed by atoms with E-state index in [1.807, 2.05) is 11.3 Å². The van der Waals surface area contributed by atoms with E-state index in [4.69, 9.17) is 4.98 Å². The van der Waals surface area contributed by atoms with Crippen molar-refractivity contribution in [3.8, 4) is 0 Å². The second kappa shape index (κ2) is 7.04. The lowest BCUT2D eigenvalue weighted by molar-refractivity contribution is 0.269. The summed E-state index contributed by atoms with van der Waals surface area (Å²) in [4.78, 5) is 4.88. The van der Waals surface area contributed by atoms with Crippen molar-refractivity contribution in [3.63, 3.8) is 0 Å². The van der Waals surface area contributed by atoms with Gasteiger partial charge in [0.1, 0.15) is 0 Å². The van der Waals surface area contributed by atoms with E-state index in [0.717, 1.165) is 18.9 Å². The van der Waals surface area contributed by atoms with Crippen molar-refractivity contribution in [2.75, 3.05) is 6.54 Å². The predicted octanol–water partition coefficient (Wildman–Crippen LogP) is 4.54. The Morgan fingerprint density at radius 3 is 2.55 bits per heavy atom. The van der Waals surface area contributed by atoms with Gasteiger partial charge in [0.15, 0.2) is 0 Å². The Morgan fingerprint density at radius 2 is 2.00 bits per heavy atom. The average molecular weight is 295 g/mol. The fraction of sp³-hybridized carbons (Fsp3) is 0.824. The Bertz CT molecular complexity index is 399. The zero-order valence-electron chi connectivity index (χ0n) is 13.5. The topological polar surface area (TPSA) is 24.9 Å². The lowest BCUT2D eigenvalue weighted by Crippen LogP contribution is -2.39. The Balaban J connectivity index is 2.01. The number of aromatic nitrogens is 1. The Kier molecular flexibility index (Phi) is 5.62. The summed E-state index contributed by atoms with van der Waals surface area (Å²) in [7, 11) is 0. The molecule has 0 saturated heterocycles. The molecule has 1 aromatic heterocycles. The number of hydrogen-bond acceptors (Lipinski definition) is 3. The number of hydrogen-bond donors (Lipinski definition) is 1. The van der Waals surface area contributed by atoms with Crippen LogP contribution in [0.15, 0.2) is 5.38 Å². The Morgan fingerprint density at radius 1 is 1.30 bits per heavy atom. The van der Waals surface area contributed by atoms with Gasteiger partial charge in [-0.05, 0) is 25.3 Å². The maximum atomic E-state index is 4.88. The molecule has 2 rings (SSSR count). The third-order valence-corrected chi connectivity index (χ3v) is 5.27. The van der Waals surface area contributed by atoms with Crippen molar-refractivity contribution in [2.45, 2.75) is 77.7 Å². The summed E-state index contributed by atoms with van der Waals surface area (Å²) < 4.78 is 0. The summed E-state index contributed by atoms with van der Waals surface area (Å²) in [6.07, 6.45) is 8.17. The van der Waals surface area contributed by atoms with Crippen LogP contribution in [-0.2, 0) is 11.8 Å². The fourth-order valence-electron chi connectivity index (χ4n) is 3.14. The van der Waals surface area contributed by atoms with Crippen LogP contribution in [0.25, 0.3) is 0 Å². The first-order chi connectivity index (χ1) is 9.50. The van der Waals surface area contributed by atoms with Gasteiger partial charge in [-0.2, -0.15) is 0 Å². The molecule has 1 atom stereocenters. The number of rotatable bonds is 5. The van der Waals surface area contributed by atoms with Crippen molar-refractivity contribution in [1.29, 1.82) is 0 Å². The largest absolute Gasteiger partial charge is 0.314 e. The molecule has 0 spiro atoms. The zero-order chi connectivity index (χ0) is 14.6. The average Bonchev–Trinajstić information content (AvgIpc) is 2.88. The summed E-state index contributed by atoms with van der Waals surface area (Å²) in [5, 5.41) is 7.28. The molecule has 20 heavy (non-hydrogen) atoms. The molecule has 3 heteroatoms. The minimum atomic E-state index is 0.174. The molecule has 1 fully saturated rings. The third-order valence-electron chi connectivity index (χ3n) is 4.40. The van der Waals surface area contributed by atoms with Gasteiger partial charge in [-0.15, -0.1) is 11.3 Å². The van der Waals surface area contributed by atoms with Crippen LogP contribution >= 0.6 is 11.3 Å². The molecule has 1 aliphatic carbocycles. The molecule has 1 aliphatic rings. The molecule has 1 saturated carbocycles. The maximum Gasteiger partial charge on any atom is 0.0944 e. The summed E-state index contributed by atoms with van der Waals surface area (Å²) in [5.74, 6) is 0.852. The van der Waals surface area contributed by atoms with Crippen LogP contribution in [0.1, 0.15) is 70.5 Å². The fourth-order valence-corrected chi connectivity index (χ4v) is 4.22. The molecule has 0 bridgehead atoms. The SMILES string of the molecule is CCNC(Cc1nc(C(C)(C)C)cs1)C1CCCCC1. The van der Waals surface area contributed by atoms with Crippen LogP contribution in [-0.4, -0.2) is 17.6 Å². The molecule has 1 N–H and O–H groups in total. The summed E-state index contributed by atoms with van der Waals surface area (Å²) in [6, 6.07) is 0.624. The highest BCUT2D eigenvalue weighted by Crippen LogP contribution is 2.30. The van der Waals surface area contributed by atoms with Gasteiger partial charge in [0, 0.05) is 23.3 Å². The number of nitrogens with one attached hydrogen (secondary N) is 1. The van der Waals surface area contributed by atoms with Gasteiger partial charge in [0.05, 0.1) is 10.7 Å². The van der Waals surface area contributed by atoms with Crippen LogP contribution in [0.5, 0.6) is 0 Å². The first kappa shape index (κ1) is 16.0. The molecule has 1 unspecified atom stereocenters. The number of likely N-dealkylation sites (N-methyl/N-ethyl adjacent to an activating group) is 1. The monoisotopic (exact) mass is 294 g/mol. The van der Waals surface area contributed by atoms with E-state index in [9.17, 15) is 0 Å². The van der Waals surface area contributed by atoms with Gasteiger partial charge in [-0.3, -0.25) is 0 Å². The first-order valence-electron chi connectivity index (χ1n) is 8.19. The van der Waals surface area contributed by atoms with Crippen LogP contribution in [0.2, 0.25) is 0 Å². The van der Waals surface area contributed by atoms with Gasteiger partial charge in [-0.25, -0.2) is 4.98 Å². The van der Waals surface area contributed by atoms with E-state index < -0.39 is 0 Å². The lowest BCUT2D eigenvalue weighted by atomic mass is 9.82. The van der Waals surface area contributed by atoms with Gasteiger partial charge < -0.3 is 5.32 Å². The minimum Gasteiger partial charge on any atom is -0.314 e. The van der Waals surface area contributed by atoms with Crippen LogP contribution in [0.3, 0.4) is 0 Å². The van der Waals surface area contributed by atoms with Crippen LogP contribution in [0.4, 0.5) is 0 Å². The van der Waals surface area contributed by atoms with Gasteiger partial charge in [0.2, 0.25) is 0 Å². The number of nitrogens with zero attached hydrogens (tertiary/aromatic N) is 1. The van der Waals surface area contributed by atoms with E-state index in [1.165, 1.54) is 42.8 Å². The van der Waals surface area contributed by atoms with Crippen molar-refractivity contribution < 1.29 is 0 Å². The second-order valence-electron chi connectivity index (χ2n) is 7.14. The molecule has 1 aromatic rings. The van der Waals surface area contributed by atoms with Gasteiger partial charge in [0.25, 0.3) is 0 Å². The summed E-state index contributed by atoms with van der Waals surface area (Å²) in [6.45, 7) is 10.0. The maximum absolute atomic E-state index is 4.88. The Hall–Kier alpha value is -0.410. The molecule has 0 aromatic carbocycles. The summed E-state index contributed by atoms with van der Waals surface area (Å²) in [5.41, 5.74) is 1.42. The molecule has 2 nitrogen and oxygen atoms in total. The minimum absolute atomic E-state index is 0.174. The molecular weight excluding hydrogens is 264 g/mol. The third kappa shape index (κ3) is 4.29.